The van der Waals surface area contributed by atoms with E-state index < -0.39 is 11.8 Å². The number of carbonyl (C=O) groups is 2. The van der Waals surface area contributed by atoms with Crippen molar-refractivity contribution in [1.29, 1.82) is 0 Å². The molecule has 0 aromatic heterocycles. The third-order valence-corrected chi connectivity index (χ3v) is 2.89. The zero-order valence-corrected chi connectivity index (χ0v) is 12.4. The number of carbonyl (C=O) groups excluding carboxylic acids is 2. The Hall–Kier alpha value is -1.88. The first-order chi connectivity index (χ1) is 9.45. The maximum Gasteiger partial charge on any atom is 0.309 e. The van der Waals surface area contributed by atoms with Crippen LogP contribution in [0.2, 0.25) is 0 Å². The predicted octanol–water partition coefficient (Wildman–Crippen LogP) is 1.32. The molecule has 0 spiro atoms. The lowest BCUT2D eigenvalue weighted by molar-refractivity contribution is -0.139. The summed E-state index contributed by atoms with van der Waals surface area (Å²) in [6.45, 7) is 5.84. The van der Waals surface area contributed by atoms with Gasteiger partial charge >= 0.3 is 11.8 Å². The molecule has 0 radical (unpaired) electrons. The van der Waals surface area contributed by atoms with E-state index in [1.807, 2.05) is 31.2 Å². The second kappa shape index (κ2) is 7.65. The molecule has 110 valence electrons. The molecule has 1 atom stereocenters. The molecule has 0 heterocycles. The summed E-state index contributed by atoms with van der Waals surface area (Å²) in [5, 5.41) is 5.13. The Balaban J connectivity index is 2.60. The second-order valence-electron chi connectivity index (χ2n) is 4.92. The van der Waals surface area contributed by atoms with Crippen molar-refractivity contribution in [2.24, 2.45) is 0 Å². The largest absolute Gasteiger partial charge is 0.375 e. The zero-order valence-electron chi connectivity index (χ0n) is 12.4. The second-order valence-corrected chi connectivity index (χ2v) is 4.92. The average molecular weight is 278 g/mol. The molecular formula is C15H22N2O3. The number of hydrogen-bond donors (Lipinski definition) is 2. The van der Waals surface area contributed by atoms with E-state index in [1.54, 1.807) is 21.0 Å². The van der Waals surface area contributed by atoms with Crippen LogP contribution >= 0.6 is 0 Å². The van der Waals surface area contributed by atoms with Crippen molar-refractivity contribution < 1.29 is 14.3 Å². The number of hydrogen-bond acceptors (Lipinski definition) is 3. The highest BCUT2D eigenvalue weighted by Gasteiger charge is 2.18. The van der Waals surface area contributed by atoms with Crippen molar-refractivity contribution >= 4 is 11.8 Å². The Labute approximate surface area is 119 Å². The zero-order chi connectivity index (χ0) is 15.1. The molecule has 2 N–H and O–H groups in total. The molecule has 0 saturated heterocycles. The quantitative estimate of drug-likeness (QED) is 0.798. The predicted molar refractivity (Wildman–Crippen MR) is 77.2 cm³/mol. The van der Waals surface area contributed by atoms with E-state index in [0.29, 0.717) is 0 Å². The molecule has 0 aliphatic rings. The Bertz CT molecular complexity index is 472. The number of methoxy groups -OCH3 is 1. The van der Waals surface area contributed by atoms with Crippen LogP contribution < -0.4 is 10.6 Å². The van der Waals surface area contributed by atoms with Crippen LogP contribution in [0.5, 0.6) is 0 Å². The van der Waals surface area contributed by atoms with Crippen molar-refractivity contribution in [3.8, 4) is 0 Å². The van der Waals surface area contributed by atoms with Gasteiger partial charge in [-0.25, -0.2) is 0 Å². The Morgan fingerprint density at radius 3 is 2.40 bits per heavy atom. The Morgan fingerprint density at radius 2 is 1.85 bits per heavy atom. The van der Waals surface area contributed by atoms with Crippen molar-refractivity contribution in [2.45, 2.75) is 32.9 Å². The summed E-state index contributed by atoms with van der Waals surface area (Å²) in [6.07, 6.45) is -0.271. The molecule has 1 unspecified atom stereocenters. The number of aryl methyl sites for hydroxylation is 1. The number of amides is 2. The number of benzene rings is 1. The molecule has 1 aromatic carbocycles. The normalized spacial score (nSPS) is 12.1. The molecule has 0 aliphatic carbocycles. The molecule has 0 fully saturated rings. The minimum absolute atomic E-state index is 0.0668. The summed E-state index contributed by atoms with van der Waals surface area (Å²) in [5.74, 6) is -1.27. The highest BCUT2D eigenvalue weighted by molar-refractivity contribution is 6.35. The maximum atomic E-state index is 11.6. The summed E-state index contributed by atoms with van der Waals surface area (Å²) in [6, 6.07) is 7.73. The van der Waals surface area contributed by atoms with Crippen LogP contribution in [0.15, 0.2) is 24.3 Å². The van der Waals surface area contributed by atoms with Crippen LogP contribution in [0.3, 0.4) is 0 Å². The lowest BCUT2D eigenvalue weighted by Gasteiger charge is -2.18. The minimum atomic E-state index is -0.644. The Morgan fingerprint density at radius 1 is 1.20 bits per heavy atom. The van der Waals surface area contributed by atoms with Gasteiger partial charge in [0.25, 0.3) is 0 Å². The summed E-state index contributed by atoms with van der Waals surface area (Å²) >= 11 is 0. The summed E-state index contributed by atoms with van der Waals surface area (Å²) in [5.41, 5.74) is 2.08. The molecule has 0 saturated carbocycles. The molecular weight excluding hydrogens is 256 g/mol. The van der Waals surface area contributed by atoms with Crippen molar-refractivity contribution in [2.75, 3.05) is 13.7 Å². The van der Waals surface area contributed by atoms with E-state index in [0.717, 1.165) is 11.1 Å². The van der Waals surface area contributed by atoms with E-state index in [1.165, 1.54) is 0 Å². The lowest BCUT2D eigenvalue weighted by Crippen LogP contribution is -2.44. The molecule has 5 heteroatoms. The van der Waals surface area contributed by atoms with E-state index in [2.05, 4.69) is 10.6 Å². The van der Waals surface area contributed by atoms with Gasteiger partial charge in [-0.2, -0.15) is 0 Å². The van der Waals surface area contributed by atoms with Gasteiger partial charge in [-0.15, -0.1) is 0 Å². The number of nitrogens with one attached hydrogen (secondary N) is 2. The molecule has 1 rings (SSSR count). The van der Waals surface area contributed by atoms with Gasteiger partial charge in [0.15, 0.2) is 0 Å². The van der Waals surface area contributed by atoms with Gasteiger partial charge in [-0.05, 0) is 31.9 Å². The first-order valence-electron chi connectivity index (χ1n) is 6.62. The molecule has 1 aromatic rings. The third-order valence-electron chi connectivity index (χ3n) is 2.89. The fourth-order valence-electron chi connectivity index (χ4n) is 1.86. The van der Waals surface area contributed by atoms with Gasteiger partial charge in [0, 0.05) is 19.7 Å². The lowest BCUT2D eigenvalue weighted by atomic mass is 10.0. The van der Waals surface area contributed by atoms with Gasteiger partial charge in [0.1, 0.15) is 0 Å². The smallest absolute Gasteiger partial charge is 0.309 e. The minimum Gasteiger partial charge on any atom is -0.375 e. The van der Waals surface area contributed by atoms with Crippen molar-refractivity contribution in [3.05, 3.63) is 35.4 Å². The van der Waals surface area contributed by atoms with Gasteiger partial charge < -0.3 is 15.4 Å². The van der Waals surface area contributed by atoms with E-state index in [-0.39, 0.29) is 18.7 Å². The van der Waals surface area contributed by atoms with E-state index >= 15 is 0 Å². The molecule has 5 nitrogen and oxygen atoms in total. The van der Waals surface area contributed by atoms with Gasteiger partial charge in [-0.3, -0.25) is 9.59 Å². The molecule has 0 bridgehead atoms. The number of ether oxygens (including phenoxy) is 1. The van der Waals surface area contributed by atoms with Gasteiger partial charge in [0.05, 0.1) is 6.10 Å². The highest BCUT2D eigenvalue weighted by Crippen LogP contribution is 2.19. The van der Waals surface area contributed by atoms with Crippen molar-refractivity contribution in [3.63, 3.8) is 0 Å². The van der Waals surface area contributed by atoms with Crippen molar-refractivity contribution in [1.82, 2.24) is 10.6 Å². The Kier molecular flexibility index (Phi) is 6.18. The molecule has 0 aliphatic heterocycles. The monoisotopic (exact) mass is 278 g/mol. The number of rotatable bonds is 5. The van der Waals surface area contributed by atoms with Crippen LogP contribution in [0, 0.1) is 6.92 Å². The van der Waals surface area contributed by atoms with Gasteiger partial charge in [-0.1, -0.05) is 24.3 Å². The highest BCUT2D eigenvalue weighted by atomic mass is 16.5. The van der Waals surface area contributed by atoms with Crippen LogP contribution in [0.4, 0.5) is 0 Å². The van der Waals surface area contributed by atoms with Crippen LogP contribution in [-0.2, 0) is 14.3 Å². The van der Waals surface area contributed by atoms with Crippen LogP contribution in [0.25, 0.3) is 0 Å². The fourth-order valence-corrected chi connectivity index (χ4v) is 1.86. The SMILES string of the molecule is COC(CNC(=O)C(=O)NC(C)C)c1ccccc1C. The first kappa shape index (κ1) is 16.2. The summed E-state index contributed by atoms with van der Waals surface area (Å²) in [4.78, 5) is 23.1. The fraction of sp³-hybridized carbons (Fsp3) is 0.467. The van der Waals surface area contributed by atoms with E-state index in [9.17, 15) is 9.59 Å². The average Bonchev–Trinajstić information content (AvgIpc) is 2.40. The molecule has 2 amide bonds. The maximum absolute atomic E-state index is 11.6. The van der Waals surface area contributed by atoms with Crippen LogP contribution in [0.1, 0.15) is 31.1 Å². The first-order valence-corrected chi connectivity index (χ1v) is 6.62. The molecule has 20 heavy (non-hydrogen) atoms. The standard InChI is InChI=1S/C15H22N2O3/c1-10(2)17-15(19)14(18)16-9-13(20-4)12-8-6-5-7-11(12)3/h5-8,10,13H,9H2,1-4H3,(H,16,18)(H,17,19). The topological polar surface area (TPSA) is 67.4 Å². The van der Waals surface area contributed by atoms with Gasteiger partial charge in [0.2, 0.25) is 0 Å². The van der Waals surface area contributed by atoms with Crippen LogP contribution in [-0.4, -0.2) is 31.5 Å². The van der Waals surface area contributed by atoms with E-state index in [4.69, 9.17) is 4.74 Å². The summed E-state index contributed by atoms with van der Waals surface area (Å²) in [7, 11) is 1.58. The summed E-state index contributed by atoms with van der Waals surface area (Å²) < 4.78 is 5.38. The third kappa shape index (κ3) is 4.66.